The smallest absolute Gasteiger partial charge is 0.343 e. The van der Waals surface area contributed by atoms with Crippen molar-refractivity contribution in [1.29, 1.82) is 0 Å². The summed E-state index contributed by atoms with van der Waals surface area (Å²) in [5.41, 5.74) is 3.86. The molecular formula is C21H23FN4O3S. The third kappa shape index (κ3) is 7.18. The Hall–Kier alpha value is -2.88. The number of thiocarbonyl (C=S) groups is 1. The van der Waals surface area contributed by atoms with Crippen LogP contribution >= 0.6 is 12.2 Å². The first kappa shape index (κ1) is 21.8. The van der Waals surface area contributed by atoms with Gasteiger partial charge in [-0.3, -0.25) is 10.3 Å². The lowest BCUT2D eigenvalue weighted by Crippen LogP contribution is -2.42. The zero-order chi connectivity index (χ0) is 21.2. The summed E-state index contributed by atoms with van der Waals surface area (Å²) in [6.45, 7) is 5.06. The number of carbonyl (C=O) groups excluding carboxylic acids is 1. The maximum absolute atomic E-state index is 12.9. The van der Waals surface area contributed by atoms with E-state index in [9.17, 15) is 9.18 Å². The van der Waals surface area contributed by atoms with Crippen LogP contribution < -0.4 is 15.5 Å². The van der Waals surface area contributed by atoms with Gasteiger partial charge in [0.25, 0.3) is 0 Å². The van der Waals surface area contributed by atoms with E-state index >= 15 is 0 Å². The Morgan fingerprint density at radius 3 is 2.57 bits per heavy atom. The van der Waals surface area contributed by atoms with Crippen LogP contribution in [-0.4, -0.2) is 61.6 Å². The predicted molar refractivity (Wildman–Crippen MR) is 116 cm³/mol. The fourth-order valence-corrected chi connectivity index (χ4v) is 2.89. The SMILES string of the molecule is O=C(Oc1ccc(/C=N/NC(=S)NCCN2CCOCC2)cc1)c1ccc(F)cc1. The summed E-state index contributed by atoms with van der Waals surface area (Å²) in [5.74, 6) is -0.572. The van der Waals surface area contributed by atoms with Crippen LogP contribution in [0.5, 0.6) is 5.75 Å². The minimum Gasteiger partial charge on any atom is -0.423 e. The summed E-state index contributed by atoms with van der Waals surface area (Å²) in [4.78, 5) is 14.3. The van der Waals surface area contributed by atoms with Gasteiger partial charge in [-0.05, 0) is 66.3 Å². The van der Waals surface area contributed by atoms with E-state index in [2.05, 4.69) is 20.7 Å². The van der Waals surface area contributed by atoms with E-state index in [-0.39, 0.29) is 5.56 Å². The van der Waals surface area contributed by atoms with Gasteiger partial charge in [0.2, 0.25) is 0 Å². The molecule has 0 amide bonds. The fourth-order valence-electron chi connectivity index (χ4n) is 2.73. The van der Waals surface area contributed by atoms with E-state index in [0.29, 0.717) is 10.9 Å². The molecule has 2 aromatic rings. The highest BCUT2D eigenvalue weighted by Crippen LogP contribution is 2.14. The Morgan fingerprint density at radius 2 is 1.87 bits per heavy atom. The van der Waals surface area contributed by atoms with Gasteiger partial charge in [-0.15, -0.1) is 0 Å². The zero-order valence-corrected chi connectivity index (χ0v) is 17.2. The highest BCUT2D eigenvalue weighted by molar-refractivity contribution is 7.80. The molecule has 1 heterocycles. The number of ether oxygens (including phenoxy) is 2. The Kier molecular flexibility index (Phi) is 8.25. The molecule has 0 spiro atoms. The number of nitrogens with zero attached hydrogens (tertiary/aromatic N) is 2. The molecule has 1 fully saturated rings. The van der Waals surface area contributed by atoms with E-state index in [1.54, 1.807) is 30.5 Å². The number of halogens is 1. The summed E-state index contributed by atoms with van der Waals surface area (Å²) in [7, 11) is 0. The van der Waals surface area contributed by atoms with Gasteiger partial charge in [-0.2, -0.15) is 5.10 Å². The van der Waals surface area contributed by atoms with Gasteiger partial charge in [-0.25, -0.2) is 9.18 Å². The molecule has 0 atom stereocenters. The first-order chi connectivity index (χ1) is 14.6. The van der Waals surface area contributed by atoms with Crippen LogP contribution in [-0.2, 0) is 4.74 Å². The van der Waals surface area contributed by atoms with Crippen LogP contribution in [0.1, 0.15) is 15.9 Å². The molecule has 0 unspecified atom stereocenters. The second kappa shape index (κ2) is 11.3. The highest BCUT2D eigenvalue weighted by Gasteiger charge is 2.10. The molecule has 30 heavy (non-hydrogen) atoms. The summed E-state index contributed by atoms with van der Waals surface area (Å²) >= 11 is 5.20. The number of morpholine rings is 1. The second-order valence-electron chi connectivity index (χ2n) is 6.55. The van der Waals surface area contributed by atoms with Gasteiger partial charge in [0, 0.05) is 26.2 Å². The number of hydrogen-bond donors (Lipinski definition) is 2. The van der Waals surface area contributed by atoms with Crippen molar-refractivity contribution in [3.05, 3.63) is 65.5 Å². The Labute approximate surface area is 179 Å². The number of nitrogens with one attached hydrogen (secondary N) is 2. The molecule has 0 bridgehead atoms. The summed E-state index contributed by atoms with van der Waals surface area (Å²) in [6.07, 6.45) is 1.61. The maximum Gasteiger partial charge on any atom is 0.343 e. The molecule has 7 nitrogen and oxygen atoms in total. The lowest BCUT2D eigenvalue weighted by molar-refractivity contribution is 0.0389. The van der Waals surface area contributed by atoms with Crippen LogP contribution in [0.15, 0.2) is 53.6 Å². The lowest BCUT2D eigenvalue weighted by atomic mass is 10.2. The van der Waals surface area contributed by atoms with Crippen molar-refractivity contribution in [2.45, 2.75) is 0 Å². The summed E-state index contributed by atoms with van der Waals surface area (Å²) < 4.78 is 23.5. The van der Waals surface area contributed by atoms with E-state index in [4.69, 9.17) is 21.7 Å². The van der Waals surface area contributed by atoms with Crippen LogP contribution in [0.3, 0.4) is 0 Å². The Bertz CT molecular complexity index is 869. The van der Waals surface area contributed by atoms with E-state index in [1.807, 2.05) is 0 Å². The third-order valence-electron chi connectivity index (χ3n) is 4.37. The van der Waals surface area contributed by atoms with Crippen LogP contribution in [0.4, 0.5) is 4.39 Å². The minimum atomic E-state index is -0.549. The quantitative estimate of drug-likeness (QED) is 0.229. The van der Waals surface area contributed by atoms with Gasteiger partial charge in [0.15, 0.2) is 5.11 Å². The molecule has 0 aliphatic carbocycles. The molecule has 1 aliphatic heterocycles. The molecule has 0 radical (unpaired) electrons. The first-order valence-electron chi connectivity index (χ1n) is 9.55. The molecule has 9 heteroatoms. The number of carbonyl (C=O) groups is 1. The van der Waals surface area contributed by atoms with Gasteiger partial charge in [0.05, 0.1) is 25.0 Å². The Balaban J connectivity index is 1.39. The van der Waals surface area contributed by atoms with Crippen LogP contribution in [0.2, 0.25) is 0 Å². The van der Waals surface area contributed by atoms with Gasteiger partial charge >= 0.3 is 5.97 Å². The number of rotatable bonds is 7. The predicted octanol–water partition coefficient (Wildman–Crippen LogP) is 2.18. The van der Waals surface area contributed by atoms with E-state index < -0.39 is 11.8 Å². The molecule has 1 aliphatic rings. The van der Waals surface area contributed by atoms with Gasteiger partial charge in [0.1, 0.15) is 11.6 Å². The summed E-state index contributed by atoms with van der Waals surface area (Å²) in [6, 6.07) is 12.0. The molecular weight excluding hydrogens is 407 g/mol. The lowest BCUT2D eigenvalue weighted by Gasteiger charge is -2.26. The third-order valence-corrected chi connectivity index (χ3v) is 4.60. The zero-order valence-electron chi connectivity index (χ0n) is 16.3. The number of benzene rings is 2. The number of esters is 1. The van der Waals surface area contributed by atoms with E-state index in [1.165, 1.54) is 24.3 Å². The van der Waals surface area contributed by atoms with Crippen molar-refractivity contribution in [1.82, 2.24) is 15.6 Å². The molecule has 2 aromatic carbocycles. The molecule has 2 N–H and O–H groups in total. The molecule has 3 rings (SSSR count). The van der Waals surface area contributed by atoms with Gasteiger partial charge < -0.3 is 14.8 Å². The van der Waals surface area contributed by atoms with E-state index in [0.717, 1.165) is 45.0 Å². The molecule has 0 saturated carbocycles. The normalized spacial score (nSPS) is 14.4. The molecule has 158 valence electrons. The van der Waals surface area contributed by atoms with Crippen molar-refractivity contribution >= 4 is 29.5 Å². The number of hydrazone groups is 1. The van der Waals surface area contributed by atoms with Crippen LogP contribution in [0, 0.1) is 5.82 Å². The largest absolute Gasteiger partial charge is 0.423 e. The van der Waals surface area contributed by atoms with Crippen LogP contribution in [0.25, 0.3) is 0 Å². The highest BCUT2D eigenvalue weighted by atomic mass is 32.1. The van der Waals surface area contributed by atoms with Crippen molar-refractivity contribution in [3.8, 4) is 5.75 Å². The minimum absolute atomic E-state index is 0.279. The first-order valence-corrected chi connectivity index (χ1v) is 9.96. The average molecular weight is 431 g/mol. The van der Waals surface area contributed by atoms with Crippen molar-refractivity contribution in [2.24, 2.45) is 5.10 Å². The molecule has 1 saturated heterocycles. The fraction of sp³-hybridized carbons (Fsp3) is 0.286. The van der Waals surface area contributed by atoms with Crippen molar-refractivity contribution < 1.29 is 18.7 Å². The number of hydrogen-bond acceptors (Lipinski definition) is 6. The average Bonchev–Trinajstić information content (AvgIpc) is 2.76. The standard InChI is InChI=1S/C21H23FN4O3S/c22-18-5-3-17(4-6-18)20(27)29-19-7-1-16(2-8-19)15-24-25-21(30)23-9-10-26-11-13-28-14-12-26/h1-8,15H,9-14H2,(H2,23,25,30)/b24-15+. The van der Waals surface area contributed by atoms with Crippen molar-refractivity contribution in [2.75, 3.05) is 39.4 Å². The topological polar surface area (TPSA) is 75.2 Å². The molecule has 0 aromatic heterocycles. The summed E-state index contributed by atoms with van der Waals surface area (Å²) in [5, 5.41) is 7.66. The second-order valence-corrected chi connectivity index (χ2v) is 6.95. The van der Waals surface area contributed by atoms with Crippen molar-refractivity contribution in [3.63, 3.8) is 0 Å². The monoisotopic (exact) mass is 430 g/mol. The van der Waals surface area contributed by atoms with Gasteiger partial charge in [-0.1, -0.05) is 0 Å². The Morgan fingerprint density at radius 1 is 1.17 bits per heavy atom. The maximum atomic E-state index is 12.9.